The molecule has 0 bridgehead atoms. The molecule has 2 aromatic heterocycles. The second-order valence-corrected chi connectivity index (χ2v) is 11.3. The number of rotatable bonds is 10. The van der Waals surface area contributed by atoms with E-state index in [4.69, 9.17) is 9.71 Å². The maximum absolute atomic E-state index is 12.1. The van der Waals surface area contributed by atoms with Gasteiger partial charge < -0.3 is 0 Å². The van der Waals surface area contributed by atoms with Gasteiger partial charge >= 0.3 is 0 Å². The first-order chi connectivity index (χ1) is 19.3. The molecule has 5 aromatic rings. The van der Waals surface area contributed by atoms with Crippen molar-refractivity contribution in [2.24, 2.45) is 5.11 Å². The lowest BCUT2D eigenvalue weighted by Gasteiger charge is -2.06. The molecule has 0 aliphatic heterocycles. The summed E-state index contributed by atoms with van der Waals surface area (Å²) >= 11 is 0. The molecule has 0 unspecified atom stereocenters. The molecule has 0 aliphatic rings. The number of hydrogen-bond donors (Lipinski definition) is 2. The van der Waals surface area contributed by atoms with Gasteiger partial charge in [-0.1, -0.05) is 34.9 Å². The summed E-state index contributed by atoms with van der Waals surface area (Å²) in [4.78, 5) is 2.93. The first-order valence-corrected chi connectivity index (χ1v) is 14.5. The van der Waals surface area contributed by atoms with Gasteiger partial charge in [-0.05, 0) is 99.5 Å². The van der Waals surface area contributed by atoms with E-state index in [9.17, 15) is 8.42 Å². The Morgan fingerprint density at radius 2 is 1.38 bits per heavy atom. The highest BCUT2D eigenvalue weighted by atomic mass is 32.2. The fourth-order valence-electron chi connectivity index (χ4n) is 4.30. The van der Waals surface area contributed by atoms with Crippen LogP contribution in [0.25, 0.3) is 32.2 Å². The van der Waals surface area contributed by atoms with Gasteiger partial charge in [-0.2, -0.15) is 18.6 Å². The molecule has 11 heteroatoms. The fourth-order valence-corrected chi connectivity index (χ4v) is 5.24. The summed E-state index contributed by atoms with van der Waals surface area (Å²) in [6.07, 6.45) is 3.20. The summed E-state index contributed by atoms with van der Waals surface area (Å²) in [6.45, 7) is 6.63. The molecule has 208 valence electrons. The van der Waals surface area contributed by atoms with Crippen molar-refractivity contribution in [3.63, 3.8) is 0 Å². The van der Waals surface area contributed by atoms with Crippen LogP contribution in [0.1, 0.15) is 40.9 Å². The van der Waals surface area contributed by atoms with Crippen molar-refractivity contribution < 1.29 is 12.6 Å². The van der Waals surface area contributed by atoms with E-state index in [2.05, 4.69) is 48.6 Å². The maximum atomic E-state index is 12.1. The van der Waals surface area contributed by atoms with Gasteiger partial charge in [0.1, 0.15) is 0 Å². The van der Waals surface area contributed by atoms with Crippen LogP contribution in [0.15, 0.2) is 70.7 Å². The minimum absolute atomic E-state index is 0.165. The molecule has 0 fully saturated rings. The van der Waals surface area contributed by atoms with E-state index in [-0.39, 0.29) is 11.5 Å². The standard InChI is InChI=1S/C18H20N2O3S.C11H13N5/c1-13-5-8-16(9-6-13)24(21,22)23-11-3-4-15-7-10-18-17(12-15)14(2)19-20-18;1-8-10-7-9(3-2-6-13-16-12)4-5-11(10)15-14-8/h5-10,12H,3-4,11H2,1-2H3,(H,19,20);4-5,7H,2-3,6H2,1H3,(H,14,15). The zero-order valence-electron chi connectivity index (χ0n) is 22.9. The Kier molecular flexibility index (Phi) is 9.55. The van der Waals surface area contributed by atoms with E-state index in [1.54, 1.807) is 24.3 Å². The summed E-state index contributed by atoms with van der Waals surface area (Å²) in [5, 5.41) is 20.1. The molecule has 40 heavy (non-hydrogen) atoms. The number of fused-ring (bicyclic) bond motifs is 2. The van der Waals surface area contributed by atoms with Gasteiger partial charge in [0, 0.05) is 33.6 Å². The fraction of sp³-hybridized carbons (Fsp3) is 0.310. The Balaban J connectivity index is 0.000000201. The zero-order valence-corrected chi connectivity index (χ0v) is 23.7. The second kappa shape index (κ2) is 13.3. The Morgan fingerprint density at radius 1 is 0.825 bits per heavy atom. The van der Waals surface area contributed by atoms with Crippen LogP contribution in [-0.2, 0) is 27.1 Å². The van der Waals surface area contributed by atoms with Crippen LogP contribution in [-0.4, -0.2) is 42.0 Å². The first-order valence-electron chi connectivity index (χ1n) is 13.1. The number of azide groups is 1. The Hall–Kier alpha value is -4.18. The minimum Gasteiger partial charge on any atom is -0.282 e. The zero-order chi connectivity index (χ0) is 28.5. The second-order valence-electron chi connectivity index (χ2n) is 9.65. The summed E-state index contributed by atoms with van der Waals surface area (Å²) in [5.74, 6) is 0. The van der Waals surface area contributed by atoms with Crippen LogP contribution in [0.5, 0.6) is 0 Å². The van der Waals surface area contributed by atoms with Crippen molar-refractivity contribution in [1.29, 1.82) is 0 Å². The lowest BCUT2D eigenvalue weighted by atomic mass is 10.1. The van der Waals surface area contributed by atoms with Gasteiger partial charge in [0.05, 0.1) is 22.5 Å². The normalized spacial score (nSPS) is 11.3. The van der Waals surface area contributed by atoms with Crippen molar-refractivity contribution in [1.82, 2.24) is 20.4 Å². The number of nitrogens with zero attached hydrogens (tertiary/aromatic N) is 5. The van der Waals surface area contributed by atoms with E-state index >= 15 is 0 Å². The Morgan fingerprint density at radius 3 is 1.93 bits per heavy atom. The Labute approximate surface area is 233 Å². The Bertz CT molecular complexity index is 1730. The third kappa shape index (κ3) is 7.47. The quantitative estimate of drug-likeness (QED) is 0.0647. The average molecular weight is 560 g/mol. The van der Waals surface area contributed by atoms with Crippen LogP contribution in [0, 0.1) is 20.8 Å². The molecule has 2 N–H and O–H groups in total. The topological polar surface area (TPSA) is 149 Å². The number of aryl methyl sites for hydroxylation is 5. The lowest BCUT2D eigenvalue weighted by molar-refractivity contribution is 0.312. The molecule has 0 atom stereocenters. The van der Waals surface area contributed by atoms with Gasteiger partial charge in [0.15, 0.2) is 0 Å². The highest BCUT2D eigenvalue weighted by molar-refractivity contribution is 7.86. The number of hydrogen-bond acceptors (Lipinski definition) is 6. The number of H-pyrrole nitrogens is 2. The van der Waals surface area contributed by atoms with Gasteiger partial charge in [0.2, 0.25) is 0 Å². The molecule has 10 nitrogen and oxygen atoms in total. The minimum atomic E-state index is -3.68. The predicted octanol–water partition coefficient (Wildman–Crippen LogP) is 6.63. The van der Waals surface area contributed by atoms with E-state index in [1.807, 2.05) is 39.0 Å². The van der Waals surface area contributed by atoms with E-state index in [0.717, 1.165) is 58.2 Å². The summed E-state index contributed by atoms with van der Waals surface area (Å²) in [5.41, 5.74) is 15.6. The lowest BCUT2D eigenvalue weighted by Crippen LogP contribution is -2.08. The highest BCUT2D eigenvalue weighted by Gasteiger charge is 2.14. The monoisotopic (exact) mass is 559 g/mol. The third-order valence-corrected chi connectivity index (χ3v) is 7.89. The number of aromatic amines is 2. The molecular formula is C29H33N7O3S. The van der Waals surface area contributed by atoms with Crippen molar-refractivity contribution in [2.75, 3.05) is 13.2 Å². The molecule has 0 amide bonds. The molecule has 3 aromatic carbocycles. The van der Waals surface area contributed by atoms with Crippen molar-refractivity contribution in [2.45, 2.75) is 51.3 Å². The molecule has 0 saturated heterocycles. The van der Waals surface area contributed by atoms with Crippen molar-refractivity contribution >= 4 is 31.9 Å². The molecule has 0 saturated carbocycles. The summed E-state index contributed by atoms with van der Waals surface area (Å²) < 4.78 is 29.3. The molecule has 2 heterocycles. The van der Waals surface area contributed by atoms with Gasteiger partial charge in [-0.25, -0.2) is 0 Å². The summed E-state index contributed by atoms with van der Waals surface area (Å²) in [7, 11) is -3.68. The molecule has 5 rings (SSSR count). The van der Waals surface area contributed by atoms with Crippen molar-refractivity contribution in [3.05, 3.63) is 99.2 Å². The van der Waals surface area contributed by atoms with E-state index in [0.29, 0.717) is 13.0 Å². The van der Waals surface area contributed by atoms with Gasteiger partial charge in [-0.3, -0.25) is 14.4 Å². The molecule has 0 aliphatic carbocycles. The first kappa shape index (κ1) is 28.8. The molecule has 0 spiro atoms. The van der Waals surface area contributed by atoms with E-state index in [1.165, 1.54) is 10.9 Å². The van der Waals surface area contributed by atoms with Crippen LogP contribution >= 0.6 is 0 Å². The van der Waals surface area contributed by atoms with Crippen LogP contribution in [0.4, 0.5) is 0 Å². The third-order valence-electron chi connectivity index (χ3n) is 6.56. The summed E-state index contributed by atoms with van der Waals surface area (Å²) in [6, 6.07) is 19.0. The SMILES string of the molecule is Cc1[nH]nc2ccc(CCCN=[N+]=[N-])cc12.Cc1ccc(S(=O)(=O)OCCCc2ccc3n[nH]c(C)c3c2)cc1. The molecule has 0 radical (unpaired) electrons. The van der Waals surface area contributed by atoms with Crippen molar-refractivity contribution in [3.8, 4) is 0 Å². The number of benzene rings is 3. The highest BCUT2D eigenvalue weighted by Crippen LogP contribution is 2.19. The largest absolute Gasteiger partial charge is 0.296 e. The molecular weight excluding hydrogens is 526 g/mol. The van der Waals surface area contributed by atoms with Crippen LogP contribution in [0.3, 0.4) is 0 Å². The number of aromatic nitrogens is 4. The average Bonchev–Trinajstić information content (AvgIpc) is 3.51. The van der Waals surface area contributed by atoms with Gasteiger partial charge in [-0.15, -0.1) is 0 Å². The van der Waals surface area contributed by atoms with Crippen LogP contribution in [0.2, 0.25) is 0 Å². The van der Waals surface area contributed by atoms with Crippen LogP contribution < -0.4 is 0 Å². The smallest absolute Gasteiger partial charge is 0.282 e. The number of nitrogens with one attached hydrogen (secondary N) is 2. The van der Waals surface area contributed by atoms with Gasteiger partial charge in [0.25, 0.3) is 10.1 Å². The predicted molar refractivity (Wildman–Crippen MR) is 157 cm³/mol. The maximum Gasteiger partial charge on any atom is 0.296 e. The van der Waals surface area contributed by atoms with E-state index < -0.39 is 10.1 Å².